The smallest absolute Gasteiger partial charge is 0.311 e. The summed E-state index contributed by atoms with van der Waals surface area (Å²) in [5.41, 5.74) is -3.22. The van der Waals surface area contributed by atoms with E-state index in [4.69, 9.17) is 0 Å². The lowest BCUT2D eigenvalue weighted by molar-refractivity contribution is -0.184. The van der Waals surface area contributed by atoms with Gasteiger partial charge < -0.3 is 10.2 Å². The van der Waals surface area contributed by atoms with Gasteiger partial charge in [-0.2, -0.15) is 0 Å². The second-order valence-electron chi connectivity index (χ2n) is 6.14. The quantitative estimate of drug-likeness (QED) is 0.779. The molecular formula is C13H24O4. The summed E-state index contributed by atoms with van der Waals surface area (Å²) in [7, 11) is 0. The van der Waals surface area contributed by atoms with Gasteiger partial charge in [-0.3, -0.25) is 9.59 Å². The van der Waals surface area contributed by atoms with E-state index in [0.717, 1.165) is 0 Å². The molecule has 0 fully saturated rings. The minimum absolute atomic E-state index is 0.352. The standard InChI is InChI=1S/C13H24O4/c1-7-8-13(10(16)17,11(2,3)4)12(5,6)9(14)15/h7-8H2,1-6H3,(H,14,15)(H,16,17). The zero-order valence-corrected chi connectivity index (χ0v) is 11.6. The van der Waals surface area contributed by atoms with E-state index in [-0.39, 0.29) is 0 Å². The molecule has 0 bridgehead atoms. The summed E-state index contributed by atoms with van der Waals surface area (Å²) in [6, 6.07) is 0. The number of hydrogen-bond acceptors (Lipinski definition) is 2. The maximum Gasteiger partial charge on any atom is 0.311 e. The number of hydrogen-bond donors (Lipinski definition) is 2. The highest BCUT2D eigenvalue weighted by molar-refractivity contribution is 5.86. The van der Waals surface area contributed by atoms with E-state index < -0.39 is 28.2 Å². The summed E-state index contributed by atoms with van der Waals surface area (Å²) in [4.78, 5) is 23.2. The SMILES string of the molecule is CCCC(C(=O)O)(C(C)(C)C)C(C)(C)C(=O)O. The van der Waals surface area contributed by atoms with Crippen LogP contribution in [0.5, 0.6) is 0 Å². The Hall–Kier alpha value is -1.06. The lowest BCUT2D eigenvalue weighted by atomic mass is 9.51. The first-order chi connectivity index (χ1) is 7.45. The lowest BCUT2D eigenvalue weighted by Gasteiger charge is -2.49. The summed E-state index contributed by atoms with van der Waals surface area (Å²) in [5, 5.41) is 19.0. The molecule has 0 aromatic heterocycles. The second kappa shape index (κ2) is 4.67. The monoisotopic (exact) mass is 244 g/mol. The van der Waals surface area contributed by atoms with E-state index in [9.17, 15) is 19.8 Å². The number of carbonyl (C=O) groups is 2. The topological polar surface area (TPSA) is 74.6 Å². The van der Waals surface area contributed by atoms with Crippen LogP contribution in [0.3, 0.4) is 0 Å². The summed E-state index contributed by atoms with van der Waals surface area (Å²) in [6.07, 6.45) is 0.991. The molecule has 0 radical (unpaired) electrons. The minimum atomic E-state index is -1.31. The van der Waals surface area contributed by atoms with Crippen LogP contribution in [0.25, 0.3) is 0 Å². The first kappa shape index (κ1) is 15.9. The molecule has 0 saturated heterocycles. The summed E-state index contributed by atoms with van der Waals surface area (Å²) in [5.74, 6) is -2.09. The molecule has 4 nitrogen and oxygen atoms in total. The van der Waals surface area contributed by atoms with Crippen molar-refractivity contribution < 1.29 is 19.8 Å². The molecule has 0 aliphatic rings. The van der Waals surface area contributed by atoms with Crippen molar-refractivity contribution in [3.63, 3.8) is 0 Å². The average Bonchev–Trinajstić information content (AvgIpc) is 2.10. The van der Waals surface area contributed by atoms with Gasteiger partial charge in [-0.1, -0.05) is 34.1 Å². The van der Waals surface area contributed by atoms with Gasteiger partial charge in [-0.15, -0.1) is 0 Å². The summed E-state index contributed by atoms with van der Waals surface area (Å²) < 4.78 is 0. The van der Waals surface area contributed by atoms with E-state index in [1.54, 1.807) is 20.8 Å². The van der Waals surface area contributed by atoms with Gasteiger partial charge in [0.25, 0.3) is 0 Å². The average molecular weight is 244 g/mol. The Morgan fingerprint density at radius 1 is 0.941 bits per heavy atom. The minimum Gasteiger partial charge on any atom is -0.481 e. The van der Waals surface area contributed by atoms with Crippen molar-refractivity contribution in [2.24, 2.45) is 16.2 Å². The molecular weight excluding hydrogens is 220 g/mol. The van der Waals surface area contributed by atoms with Crippen molar-refractivity contribution in [3.8, 4) is 0 Å². The molecule has 0 aliphatic carbocycles. The van der Waals surface area contributed by atoms with Crippen molar-refractivity contribution in [2.75, 3.05) is 0 Å². The van der Waals surface area contributed by atoms with E-state index in [0.29, 0.717) is 12.8 Å². The molecule has 1 unspecified atom stereocenters. The van der Waals surface area contributed by atoms with Gasteiger partial charge in [0, 0.05) is 0 Å². The van der Waals surface area contributed by atoms with Crippen LogP contribution >= 0.6 is 0 Å². The third-order valence-electron chi connectivity index (χ3n) is 3.87. The fraction of sp³-hybridized carbons (Fsp3) is 0.846. The highest BCUT2D eigenvalue weighted by atomic mass is 16.4. The molecule has 0 aromatic rings. The largest absolute Gasteiger partial charge is 0.481 e. The predicted molar refractivity (Wildman–Crippen MR) is 65.8 cm³/mol. The second-order valence-corrected chi connectivity index (χ2v) is 6.14. The summed E-state index contributed by atoms with van der Waals surface area (Å²) in [6.45, 7) is 10.3. The molecule has 0 heterocycles. The first-order valence-corrected chi connectivity index (χ1v) is 5.92. The Bertz CT molecular complexity index is 312. The zero-order chi connectivity index (χ0) is 14.1. The highest BCUT2D eigenvalue weighted by Gasteiger charge is 2.61. The fourth-order valence-corrected chi connectivity index (χ4v) is 2.88. The Labute approximate surface area is 103 Å². The van der Waals surface area contributed by atoms with Crippen LogP contribution in [0.1, 0.15) is 54.4 Å². The van der Waals surface area contributed by atoms with Crippen LogP contribution in [0.4, 0.5) is 0 Å². The third-order valence-corrected chi connectivity index (χ3v) is 3.87. The molecule has 0 rings (SSSR count). The van der Waals surface area contributed by atoms with Crippen molar-refractivity contribution in [3.05, 3.63) is 0 Å². The first-order valence-electron chi connectivity index (χ1n) is 5.92. The number of carboxylic acid groups (broad SMARTS) is 2. The fourth-order valence-electron chi connectivity index (χ4n) is 2.88. The molecule has 0 aliphatic heterocycles. The number of carboxylic acids is 2. The van der Waals surface area contributed by atoms with Crippen LogP contribution in [0, 0.1) is 16.2 Å². The van der Waals surface area contributed by atoms with Crippen LogP contribution < -0.4 is 0 Å². The normalized spacial score (nSPS) is 16.4. The molecule has 0 saturated carbocycles. The lowest BCUT2D eigenvalue weighted by Crippen LogP contribution is -2.56. The molecule has 0 aromatic carbocycles. The summed E-state index contributed by atoms with van der Waals surface area (Å²) >= 11 is 0. The van der Waals surface area contributed by atoms with Crippen LogP contribution in [-0.2, 0) is 9.59 Å². The Kier molecular flexibility index (Phi) is 4.38. The van der Waals surface area contributed by atoms with E-state index in [1.165, 1.54) is 13.8 Å². The van der Waals surface area contributed by atoms with Gasteiger partial charge in [0.15, 0.2) is 0 Å². The number of aliphatic carboxylic acids is 2. The molecule has 4 heteroatoms. The van der Waals surface area contributed by atoms with Gasteiger partial charge in [-0.05, 0) is 25.7 Å². The van der Waals surface area contributed by atoms with Gasteiger partial charge in [-0.25, -0.2) is 0 Å². The molecule has 17 heavy (non-hydrogen) atoms. The Morgan fingerprint density at radius 2 is 1.35 bits per heavy atom. The van der Waals surface area contributed by atoms with E-state index in [2.05, 4.69) is 0 Å². The zero-order valence-electron chi connectivity index (χ0n) is 11.6. The highest BCUT2D eigenvalue weighted by Crippen LogP contribution is 2.55. The van der Waals surface area contributed by atoms with Gasteiger partial charge >= 0.3 is 11.9 Å². The molecule has 0 amide bonds. The molecule has 0 spiro atoms. The van der Waals surface area contributed by atoms with Gasteiger partial charge in [0.1, 0.15) is 0 Å². The Balaban J connectivity index is 6.00. The van der Waals surface area contributed by atoms with Crippen LogP contribution in [-0.4, -0.2) is 22.2 Å². The van der Waals surface area contributed by atoms with Gasteiger partial charge in [0.05, 0.1) is 10.8 Å². The van der Waals surface area contributed by atoms with Crippen LogP contribution in [0.15, 0.2) is 0 Å². The molecule has 1 atom stereocenters. The molecule has 100 valence electrons. The van der Waals surface area contributed by atoms with Crippen molar-refractivity contribution in [1.29, 1.82) is 0 Å². The van der Waals surface area contributed by atoms with Crippen molar-refractivity contribution >= 4 is 11.9 Å². The van der Waals surface area contributed by atoms with Crippen molar-refractivity contribution in [1.82, 2.24) is 0 Å². The predicted octanol–water partition coefficient (Wildman–Crippen LogP) is 3.01. The van der Waals surface area contributed by atoms with Crippen molar-refractivity contribution in [2.45, 2.75) is 54.4 Å². The van der Waals surface area contributed by atoms with Gasteiger partial charge in [0.2, 0.25) is 0 Å². The maximum absolute atomic E-state index is 11.7. The molecule has 2 N–H and O–H groups in total. The third kappa shape index (κ3) is 2.31. The van der Waals surface area contributed by atoms with Crippen LogP contribution in [0.2, 0.25) is 0 Å². The van der Waals surface area contributed by atoms with E-state index in [1.807, 2.05) is 6.92 Å². The maximum atomic E-state index is 11.7. The van der Waals surface area contributed by atoms with E-state index >= 15 is 0 Å². The Morgan fingerprint density at radius 3 is 1.53 bits per heavy atom. The number of rotatable bonds is 5.